The van der Waals surface area contributed by atoms with Crippen LogP contribution in [0.15, 0.2) is 60.8 Å². The molecule has 3 atom stereocenters. The molecule has 0 saturated carbocycles. The Balaban J connectivity index is 3.53. The maximum Gasteiger partial charge on any atom is 0.305 e. The molecule has 0 heterocycles. The van der Waals surface area contributed by atoms with Gasteiger partial charge in [-0.3, -0.25) is 9.59 Å². The summed E-state index contributed by atoms with van der Waals surface area (Å²) in [5, 5.41) is 20.0. The third-order valence-corrected chi connectivity index (χ3v) is 9.89. The molecule has 0 aromatic carbocycles. The maximum absolute atomic E-state index is 12.0. The van der Waals surface area contributed by atoms with Gasteiger partial charge in [-0.05, 0) is 50.9 Å². The van der Waals surface area contributed by atoms with Crippen LogP contribution in [-0.2, 0) is 19.1 Å². The van der Waals surface area contributed by atoms with Crippen molar-refractivity contribution in [3.63, 3.8) is 0 Å². The first-order chi connectivity index (χ1) is 26.4. The average molecular weight is 757 g/mol. The Morgan fingerprint density at radius 2 is 1.00 bits per heavy atom. The van der Waals surface area contributed by atoms with E-state index in [2.05, 4.69) is 39.0 Å². The molecule has 0 aromatic heterocycles. The molecule has 2 unspecified atom stereocenters. The van der Waals surface area contributed by atoms with Crippen LogP contribution in [0.5, 0.6) is 0 Å². The summed E-state index contributed by atoms with van der Waals surface area (Å²) in [6, 6.07) is 0. The molecular weight excluding hydrogens is 673 g/mol. The summed E-state index contributed by atoms with van der Waals surface area (Å²) in [6.07, 6.45) is 50.3. The predicted octanol–water partition coefficient (Wildman–Crippen LogP) is 13.2. The molecule has 0 bridgehead atoms. The van der Waals surface area contributed by atoms with Crippen molar-refractivity contribution in [2.45, 2.75) is 213 Å². The van der Waals surface area contributed by atoms with Gasteiger partial charge in [0.1, 0.15) is 19.3 Å². The molecule has 0 radical (unpaired) electrons. The van der Waals surface area contributed by atoms with E-state index >= 15 is 0 Å². The summed E-state index contributed by atoms with van der Waals surface area (Å²) in [5.41, 5.74) is 0. The predicted molar refractivity (Wildman–Crippen MR) is 229 cm³/mol. The van der Waals surface area contributed by atoms with Crippen molar-refractivity contribution in [3.05, 3.63) is 60.8 Å². The molecule has 0 spiro atoms. The highest BCUT2D eigenvalue weighted by Crippen LogP contribution is 2.17. The molecule has 312 valence electrons. The minimum atomic E-state index is -1.01. The van der Waals surface area contributed by atoms with Gasteiger partial charge in [0.2, 0.25) is 0 Å². The van der Waals surface area contributed by atoms with Gasteiger partial charge in [0.15, 0.2) is 0 Å². The van der Waals surface area contributed by atoms with E-state index < -0.39 is 12.2 Å². The van der Waals surface area contributed by atoms with E-state index in [0.29, 0.717) is 19.3 Å². The number of rotatable bonds is 39. The van der Waals surface area contributed by atoms with Crippen LogP contribution in [-0.4, -0.2) is 47.6 Å². The molecule has 0 aliphatic carbocycles. The van der Waals surface area contributed by atoms with E-state index in [1.54, 1.807) is 6.08 Å². The van der Waals surface area contributed by atoms with Crippen molar-refractivity contribution in [3.8, 4) is 0 Å². The lowest BCUT2D eigenvalue weighted by Gasteiger charge is -2.12. The van der Waals surface area contributed by atoms with Crippen LogP contribution in [0.1, 0.15) is 201 Å². The van der Waals surface area contributed by atoms with Crippen LogP contribution in [0.4, 0.5) is 0 Å². The lowest BCUT2D eigenvalue weighted by Crippen LogP contribution is -2.25. The van der Waals surface area contributed by atoms with Gasteiger partial charge in [-0.15, -0.1) is 0 Å². The van der Waals surface area contributed by atoms with Crippen LogP contribution in [0.2, 0.25) is 0 Å². The maximum atomic E-state index is 12.0. The van der Waals surface area contributed by atoms with E-state index in [1.165, 1.54) is 109 Å². The Morgan fingerprint density at radius 3 is 1.54 bits per heavy atom. The standard InChI is InChI=1S/C48H84O6/c1-4-6-7-8-28-33-38-45(49)39-34-29-24-21-22-26-31-36-41-48(52)54-43-46(50)42-53-47(51)40-35-30-25-20-18-16-14-12-10-9-11-13-15-17-19-23-27-32-37-44(3)5-2/h6-7,22,24,26,28-29,33-34,39,44-46,49-50H,4-5,8-21,23,25,27,30-32,35-38,40-43H2,1-3H3/b7-6-,26-22-,29-24-,33-28-,39-34+/t44?,45?,46-/m0/s1. The molecule has 6 heteroatoms. The third kappa shape index (κ3) is 40.7. The van der Waals surface area contributed by atoms with Gasteiger partial charge in [0.05, 0.1) is 6.10 Å². The first-order valence-corrected chi connectivity index (χ1v) is 22.3. The van der Waals surface area contributed by atoms with Crippen LogP contribution < -0.4 is 0 Å². The first-order valence-electron chi connectivity index (χ1n) is 22.3. The molecule has 0 aromatic rings. The second kappa shape index (κ2) is 41.7. The molecule has 0 aliphatic heterocycles. The number of aliphatic hydroxyl groups excluding tert-OH is 2. The summed E-state index contributed by atoms with van der Waals surface area (Å²) in [4.78, 5) is 24.0. The first kappa shape index (κ1) is 51.6. The Hall–Kier alpha value is -2.44. The molecule has 54 heavy (non-hydrogen) atoms. The topological polar surface area (TPSA) is 93.1 Å². The Morgan fingerprint density at radius 1 is 0.537 bits per heavy atom. The van der Waals surface area contributed by atoms with Crippen LogP contribution in [0.3, 0.4) is 0 Å². The lowest BCUT2D eigenvalue weighted by atomic mass is 9.99. The number of ether oxygens (including phenoxy) is 2. The fraction of sp³-hybridized carbons (Fsp3) is 0.750. The molecule has 0 aliphatic rings. The largest absolute Gasteiger partial charge is 0.463 e. The molecular formula is C48H84O6. The van der Waals surface area contributed by atoms with Gasteiger partial charge < -0.3 is 19.7 Å². The van der Waals surface area contributed by atoms with E-state index in [9.17, 15) is 19.8 Å². The number of hydrogen-bond donors (Lipinski definition) is 2. The lowest BCUT2D eigenvalue weighted by molar-refractivity contribution is -0.152. The summed E-state index contributed by atoms with van der Waals surface area (Å²) in [6.45, 7) is 6.47. The summed E-state index contributed by atoms with van der Waals surface area (Å²) in [5.74, 6) is 0.244. The zero-order valence-corrected chi connectivity index (χ0v) is 35.2. The third-order valence-electron chi connectivity index (χ3n) is 9.89. The average Bonchev–Trinajstić information content (AvgIpc) is 3.17. The van der Waals surface area contributed by atoms with E-state index in [-0.39, 0.29) is 31.6 Å². The summed E-state index contributed by atoms with van der Waals surface area (Å²) >= 11 is 0. The van der Waals surface area contributed by atoms with Crippen LogP contribution in [0.25, 0.3) is 0 Å². The smallest absolute Gasteiger partial charge is 0.305 e. The highest BCUT2D eigenvalue weighted by Gasteiger charge is 2.12. The van der Waals surface area contributed by atoms with Gasteiger partial charge >= 0.3 is 11.9 Å². The highest BCUT2D eigenvalue weighted by molar-refractivity contribution is 5.69. The second-order valence-corrected chi connectivity index (χ2v) is 15.2. The van der Waals surface area contributed by atoms with Crippen molar-refractivity contribution in [1.29, 1.82) is 0 Å². The van der Waals surface area contributed by atoms with E-state index in [0.717, 1.165) is 50.9 Å². The van der Waals surface area contributed by atoms with Crippen molar-refractivity contribution >= 4 is 11.9 Å². The van der Waals surface area contributed by atoms with Crippen molar-refractivity contribution in [2.75, 3.05) is 13.2 Å². The number of hydrogen-bond acceptors (Lipinski definition) is 6. The summed E-state index contributed by atoms with van der Waals surface area (Å²) < 4.78 is 10.3. The zero-order chi connectivity index (χ0) is 39.6. The van der Waals surface area contributed by atoms with Crippen LogP contribution in [0, 0.1) is 5.92 Å². The SMILES string of the molecule is CC/C=C\C/C=C\CC(O)/C=C/C=C\C/C=C\CCCC(=O)OC[C@@H](O)COC(=O)CCCCCCCCCCCCCCCCCCCCC(C)CC. The van der Waals surface area contributed by atoms with Crippen molar-refractivity contribution in [1.82, 2.24) is 0 Å². The minimum absolute atomic E-state index is 0.150. The number of aliphatic hydroxyl groups is 2. The number of allylic oxidation sites excluding steroid dienone is 8. The van der Waals surface area contributed by atoms with Gasteiger partial charge in [-0.25, -0.2) is 0 Å². The molecule has 0 rings (SSSR count). The number of carbonyl (C=O) groups excluding carboxylic acids is 2. The van der Waals surface area contributed by atoms with E-state index in [4.69, 9.17) is 9.47 Å². The van der Waals surface area contributed by atoms with Crippen molar-refractivity contribution in [2.24, 2.45) is 5.92 Å². The molecule has 0 saturated heterocycles. The normalized spacial score (nSPS) is 13.9. The number of esters is 2. The molecule has 6 nitrogen and oxygen atoms in total. The van der Waals surface area contributed by atoms with Gasteiger partial charge in [0, 0.05) is 12.8 Å². The summed E-state index contributed by atoms with van der Waals surface area (Å²) in [7, 11) is 0. The molecule has 0 amide bonds. The Bertz CT molecular complexity index is 980. The Kier molecular flexibility index (Phi) is 39.8. The highest BCUT2D eigenvalue weighted by atomic mass is 16.6. The van der Waals surface area contributed by atoms with Crippen LogP contribution >= 0.6 is 0 Å². The van der Waals surface area contributed by atoms with Crippen molar-refractivity contribution < 1.29 is 29.3 Å². The van der Waals surface area contributed by atoms with Gasteiger partial charge in [-0.1, -0.05) is 204 Å². The second-order valence-electron chi connectivity index (χ2n) is 15.2. The quantitative estimate of drug-likeness (QED) is 0.0281. The van der Waals surface area contributed by atoms with Gasteiger partial charge in [0.25, 0.3) is 0 Å². The zero-order valence-electron chi connectivity index (χ0n) is 35.2. The number of unbranched alkanes of at least 4 members (excludes halogenated alkanes) is 18. The van der Waals surface area contributed by atoms with Gasteiger partial charge in [-0.2, -0.15) is 0 Å². The number of carbonyl (C=O) groups is 2. The molecule has 2 N–H and O–H groups in total. The fourth-order valence-corrected chi connectivity index (χ4v) is 6.12. The monoisotopic (exact) mass is 757 g/mol. The molecule has 0 fully saturated rings. The fourth-order valence-electron chi connectivity index (χ4n) is 6.12. The van der Waals surface area contributed by atoms with E-state index in [1.807, 2.05) is 36.5 Å². The minimum Gasteiger partial charge on any atom is -0.463 e. The Labute approximate surface area is 333 Å².